The highest BCUT2D eigenvalue weighted by atomic mass is 32.2. The van der Waals surface area contributed by atoms with Crippen molar-refractivity contribution in [2.24, 2.45) is 5.92 Å². The first-order valence-electron chi connectivity index (χ1n) is 11.1. The van der Waals surface area contributed by atoms with Crippen LogP contribution in [0.2, 0.25) is 0 Å². The first-order valence-corrected chi connectivity index (χ1v) is 12.4. The van der Waals surface area contributed by atoms with Gasteiger partial charge in [0.05, 0.1) is 17.9 Å². The third kappa shape index (κ3) is 4.35. The molecule has 1 saturated heterocycles. The van der Waals surface area contributed by atoms with E-state index in [-0.39, 0.29) is 28.9 Å². The van der Waals surface area contributed by atoms with Gasteiger partial charge >= 0.3 is 0 Å². The van der Waals surface area contributed by atoms with Gasteiger partial charge in [0.15, 0.2) is 0 Å². The van der Waals surface area contributed by atoms with Crippen LogP contribution in [0.25, 0.3) is 11.0 Å². The average Bonchev–Trinajstić information content (AvgIpc) is 3.05. The number of fused-ring (bicyclic) bond motifs is 1. The van der Waals surface area contributed by atoms with Gasteiger partial charge in [0.1, 0.15) is 7.02 Å². The van der Waals surface area contributed by atoms with Crippen molar-refractivity contribution in [1.29, 1.82) is 0 Å². The number of nitrogens with zero attached hydrogens (tertiary/aromatic N) is 4. The fourth-order valence-electron chi connectivity index (χ4n) is 4.64. The molecular formula is C20H27F2N5O4S. The number of pyridine rings is 1. The lowest BCUT2D eigenvalue weighted by molar-refractivity contribution is 0.127. The Morgan fingerprint density at radius 2 is 1.97 bits per heavy atom. The number of alkyl halides is 2. The lowest BCUT2D eigenvalue weighted by Gasteiger charge is -2.30. The number of aromatic nitrogens is 3. The Hall–Kier alpha value is -2.18. The quantitative estimate of drug-likeness (QED) is 0.682. The van der Waals surface area contributed by atoms with E-state index in [9.17, 15) is 27.1 Å². The van der Waals surface area contributed by atoms with E-state index >= 15 is 0 Å². The zero-order valence-electron chi connectivity index (χ0n) is 18.8. The highest BCUT2D eigenvalue weighted by Gasteiger charge is 2.35. The van der Waals surface area contributed by atoms with Crippen molar-refractivity contribution in [3.63, 3.8) is 0 Å². The van der Waals surface area contributed by atoms with Crippen molar-refractivity contribution >= 4 is 27.0 Å². The second-order valence-corrected chi connectivity index (χ2v) is 10.6. The summed E-state index contributed by atoms with van der Waals surface area (Å²) >= 11 is 0. The van der Waals surface area contributed by atoms with Crippen LogP contribution in [0.15, 0.2) is 17.1 Å². The van der Waals surface area contributed by atoms with Crippen molar-refractivity contribution < 1.29 is 23.7 Å². The molecule has 3 heterocycles. The van der Waals surface area contributed by atoms with Gasteiger partial charge in [-0.15, -0.1) is 0 Å². The molecule has 1 saturated carbocycles. The molecule has 1 aliphatic heterocycles. The molecule has 0 amide bonds. The van der Waals surface area contributed by atoms with Gasteiger partial charge in [-0.1, -0.05) is 6.92 Å². The monoisotopic (exact) mass is 472 g/mol. The van der Waals surface area contributed by atoms with Gasteiger partial charge in [0.25, 0.3) is 12.0 Å². The molecule has 1 aliphatic carbocycles. The first kappa shape index (κ1) is 21.7. The van der Waals surface area contributed by atoms with Crippen molar-refractivity contribution in [2.75, 3.05) is 24.7 Å². The van der Waals surface area contributed by atoms with Crippen LogP contribution in [-0.4, -0.2) is 63.9 Å². The van der Waals surface area contributed by atoms with Gasteiger partial charge in [0.2, 0.25) is 16.0 Å². The standard InChI is InChI=1S/C20H27F2N5O4S/c1-11-15(3-4-16(11)28)27-18-12(9-14(17(21)22)19(27)29)10-23-20(25-18)24-13-5-7-26(8-6-13)32(2,30)31/h9-11,13,15-17,28H,3-8H2,1-2H3,(H,23,24,25)/t11-,15+,16+/m1/s1/i17D. The zero-order chi connectivity index (χ0) is 24.1. The smallest absolute Gasteiger partial charge is 0.269 e. The molecule has 3 atom stereocenters. The van der Waals surface area contributed by atoms with Crippen molar-refractivity contribution in [2.45, 2.75) is 57.2 Å². The number of rotatable bonds is 5. The van der Waals surface area contributed by atoms with Gasteiger partial charge in [-0.25, -0.2) is 26.5 Å². The van der Waals surface area contributed by atoms with E-state index in [0.717, 1.165) is 6.07 Å². The Morgan fingerprint density at radius 1 is 1.28 bits per heavy atom. The largest absolute Gasteiger partial charge is 0.393 e. The Morgan fingerprint density at radius 3 is 2.53 bits per heavy atom. The molecule has 0 aromatic carbocycles. The van der Waals surface area contributed by atoms with E-state index in [1.807, 2.05) is 0 Å². The normalized spacial score (nSPS) is 26.4. The summed E-state index contributed by atoms with van der Waals surface area (Å²) in [5.41, 5.74) is -1.80. The third-order valence-electron chi connectivity index (χ3n) is 6.54. The maximum Gasteiger partial charge on any atom is 0.269 e. The maximum absolute atomic E-state index is 13.9. The number of anilines is 1. The fraction of sp³-hybridized carbons (Fsp3) is 0.650. The van der Waals surface area contributed by atoms with E-state index < -0.39 is 39.7 Å². The van der Waals surface area contributed by atoms with Crippen LogP contribution in [0, 0.1) is 5.92 Å². The molecule has 2 aromatic heterocycles. The van der Waals surface area contributed by atoms with Crippen LogP contribution >= 0.6 is 0 Å². The summed E-state index contributed by atoms with van der Waals surface area (Å²) in [5, 5.41) is 13.5. The van der Waals surface area contributed by atoms with Crippen LogP contribution in [-0.2, 0) is 10.0 Å². The number of nitrogens with one attached hydrogen (secondary N) is 1. The van der Waals surface area contributed by atoms with Gasteiger partial charge in [-0.2, -0.15) is 4.98 Å². The highest BCUT2D eigenvalue weighted by molar-refractivity contribution is 7.88. The summed E-state index contributed by atoms with van der Waals surface area (Å²) in [6.07, 6.45) is -0.333. The minimum Gasteiger partial charge on any atom is -0.393 e. The molecule has 32 heavy (non-hydrogen) atoms. The van der Waals surface area contributed by atoms with Gasteiger partial charge in [-0.3, -0.25) is 9.36 Å². The molecule has 2 aliphatic rings. The van der Waals surface area contributed by atoms with E-state index in [2.05, 4.69) is 15.3 Å². The minimum atomic E-state index is -4.09. The Kier molecular flexibility index (Phi) is 5.84. The molecule has 176 valence electrons. The fourth-order valence-corrected chi connectivity index (χ4v) is 5.51. The molecule has 0 radical (unpaired) electrons. The van der Waals surface area contributed by atoms with Crippen LogP contribution in [0.3, 0.4) is 0 Å². The second-order valence-electron chi connectivity index (χ2n) is 8.62. The van der Waals surface area contributed by atoms with E-state index in [1.54, 1.807) is 6.92 Å². The van der Waals surface area contributed by atoms with Crippen LogP contribution in [0.1, 0.15) is 52.0 Å². The van der Waals surface area contributed by atoms with Gasteiger partial charge in [-0.05, 0) is 31.7 Å². The third-order valence-corrected chi connectivity index (χ3v) is 7.84. The van der Waals surface area contributed by atoms with Crippen molar-refractivity contribution in [3.8, 4) is 0 Å². The summed E-state index contributed by atoms with van der Waals surface area (Å²) in [7, 11) is -3.26. The molecule has 2 fully saturated rings. The SMILES string of the molecule is [2H]C(F)(F)c1cc2cnc(NC3CCN(S(C)(=O)=O)CC3)nc2n([C@H]2CC[C@H](O)[C@@H]2C)c1=O. The number of hydrogen-bond acceptors (Lipinski definition) is 7. The minimum absolute atomic E-state index is 0.0929. The van der Waals surface area contributed by atoms with Gasteiger partial charge in [0, 0.05) is 42.7 Å². The molecule has 2 N–H and O–H groups in total. The molecule has 9 nitrogen and oxygen atoms in total. The number of halogens is 2. The number of aliphatic hydroxyl groups excluding tert-OH is 1. The van der Waals surface area contributed by atoms with E-state index in [1.165, 1.54) is 21.3 Å². The second kappa shape index (κ2) is 8.64. The number of piperidine rings is 1. The summed E-state index contributed by atoms with van der Waals surface area (Å²) in [4.78, 5) is 21.7. The predicted molar refractivity (Wildman–Crippen MR) is 115 cm³/mol. The maximum atomic E-state index is 13.9. The zero-order valence-corrected chi connectivity index (χ0v) is 18.6. The Bertz CT molecular complexity index is 1210. The lowest BCUT2D eigenvalue weighted by atomic mass is 10.0. The van der Waals surface area contributed by atoms with Crippen LogP contribution in [0.5, 0.6) is 0 Å². The van der Waals surface area contributed by atoms with E-state index in [4.69, 9.17) is 1.37 Å². The van der Waals surface area contributed by atoms with Crippen molar-refractivity contribution in [1.82, 2.24) is 18.8 Å². The number of hydrogen-bond donors (Lipinski definition) is 2. The molecule has 0 unspecified atom stereocenters. The van der Waals surface area contributed by atoms with Gasteiger partial charge < -0.3 is 10.4 Å². The molecule has 2 aromatic rings. The average molecular weight is 473 g/mol. The summed E-state index contributed by atoms with van der Waals surface area (Å²) in [6, 6.07) is 0.314. The Balaban J connectivity index is 1.71. The summed E-state index contributed by atoms with van der Waals surface area (Å²) < 4.78 is 60.9. The number of sulfonamides is 1. The molecule has 12 heteroatoms. The summed E-state index contributed by atoms with van der Waals surface area (Å²) in [5.74, 6) is -0.155. The molecule has 0 bridgehead atoms. The molecular weight excluding hydrogens is 444 g/mol. The Labute approximate surface area is 185 Å². The lowest BCUT2D eigenvalue weighted by Crippen LogP contribution is -2.42. The highest BCUT2D eigenvalue weighted by Crippen LogP contribution is 2.37. The topological polar surface area (TPSA) is 117 Å². The first-order chi connectivity index (χ1) is 15.4. The van der Waals surface area contributed by atoms with Crippen molar-refractivity contribution in [3.05, 3.63) is 28.2 Å². The van der Waals surface area contributed by atoms with E-state index in [0.29, 0.717) is 38.8 Å². The molecule has 4 rings (SSSR count). The van der Waals surface area contributed by atoms with Crippen LogP contribution in [0.4, 0.5) is 14.7 Å². The predicted octanol–water partition coefficient (Wildman–Crippen LogP) is 1.90. The molecule has 0 spiro atoms. The number of aliphatic hydroxyl groups is 1. The summed E-state index contributed by atoms with van der Waals surface area (Å²) in [6.45, 7) is 2.46. The van der Waals surface area contributed by atoms with Crippen LogP contribution < -0.4 is 10.9 Å².